The molecule has 0 saturated carbocycles. The van der Waals surface area contributed by atoms with Gasteiger partial charge in [-0.15, -0.1) is 11.3 Å². The van der Waals surface area contributed by atoms with Gasteiger partial charge < -0.3 is 14.4 Å². The molecule has 0 spiro atoms. The maximum atomic E-state index is 13.9. The number of anilines is 1. The molecule has 1 aromatic heterocycles. The van der Waals surface area contributed by atoms with Gasteiger partial charge in [0.2, 0.25) is 0 Å². The number of rotatable bonds is 17. The third-order valence-corrected chi connectivity index (χ3v) is 13.4. The molecule has 13 heteroatoms. The SMILES string of the molecule is CC1=C(c2ccc(CC(=O)c3c(F)cccc3F)cc2)CN(Cc2ccccc2)CC1.CC1=C(c2ccc(CC(=O)c3c(F)cccc3F)cc2)CN(c2nccs2)CC1.CCOC(CCBr)OCC. The maximum Gasteiger partial charge on any atom is 0.185 e. The summed E-state index contributed by atoms with van der Waals surface area (Å²) >= 11 is 4.96. The molecule has 0 atom stereocenters. The first-order valence-corrected chi connectivity index (χ1v) is 25.6. The smallest absolute Gasteiger partial charge is 0.185 e. The lowest BCUT2D eigenvalue weighted by Gasteiger charge is -2.30. The molecule has 6 aromatic rings. The Labute approximate surface area is 422 Å². The normalized spacial score (nSPS) is 14.0. The molecular weight excluding hydrogens is 979 g/mol. The number of nitrogens with zero attached hydrogens (tertiary/aromatic N) is 3. The van der Waals surface area contributed by atoms with Crippen molar-refractivity contribution >= 4 is 55.1 Å². The van der Waals surface area contributed by atoms with Gasteiger partial charge in [-0.3, -0.25) is 14.5 Å². The molecule has 0 unspecified atom stereocenters. The summed E-state index contributed by atoms with van der Waals surface area (Å²) in [5, 5.41) is 3.92. The molecule has 3 heterocycles. The first-order valence-electron chi connectivity index (χ1n) is 23.6. The lowest BCUT2D eigenvalue weighted by Crippen LogP contribution is -2.30. The number of hydrogen-bond acceptors (Lipinski definition) is 8. The molecule has 70 heavy (non-hydrogen) atoms. The van der Waals surface area contributed by atoms with Gasteiger partial charge >= 0.3 is 0 Å². The molecule has 0 N–H and O–H groups in total. The van der Waals surface area contributed by atoms with Gasteiger partial charge in [0, 0.05) is 82.1 Å². The summed E-state index contributed by atoms with van der Waals surface area (Å²) in [5.74, 6) is -4.39. The van der Waals surface area contributed by atoms with Crippen molar-refractivity contribution in [3.8, 4) is 0 Å². The number of benzene rings is 5. The number of Topliss-reactive ketones (excluding diaryl/α,β-unsaturated/α-hetero) is 2. The molecule has 0 bridgehead atoms. The highest BCUT2D eigenvalue weighted by Crippen LogP contribution is 2.32. The minimum Gasteiger partial charge on any atom is -0.353 e. The van der Waals surface area contributed by atoms with Crippen molar-refractivity contribution in [3.63, 3.8) is 0 Å². The second-order valence-electron chi connectivity index (χ2n) is 17.1. The molecule has 8 rings (SSSR count). The number of thiazole rings is 1. The monoisotopic (exact) mass is 1040 g/mol. The minimum atomic E-state index is -0.822. The summed E-state index contributed by atoms with van der Waals surface area (Å²) in [4.78, 5) is 33.9. The van der Waals surface area contributed by atoms with Crippen LogP contribution in [0.25, 0.3) is 11.1 Å². The van der Waals surface area contributed by atoms with E-state index in [0.717, 1.165) is 122 Å². The van der Waals surface area contributed by atoms with E-state index >= 15 is 0 Å². The highest BCUT2D eigenvalue weighted by Gasteiger charge is 2.23. The topological polar surface area (TPSA) is 72.0 Å². The predicted molar refractivity (Wildman–Crippen MR) is 278 cm³/mol. The molecule has 0 fully saturated rings. The van der Waals surface area contributed by atoms with Crippen LogP contribution < -0.4 is 4.90 Å². The second kappa shape index (κ2) is 27.1. The maximum absolute atomic E-state index is 13.9. The molecule has 0 aliphatic carbocycles. The molecular formula is C57H60BrF4N3O4S. The highest BCUT2D eigenvalue weighted by molar-refractivity contribution is 9.09. The Kier molecular flexibility index (Phi) is 20.9. The van der Waals surface area contributed by atoms with Crippen molar-refractivity contribution in [1.29, 1.82) is 0 Å². The van der Waals surface area contributed by atoms with Crippen molar-refractivity contribution in [2.45, 2.75) is 72.6 Å². The van der Waals surface area contributed by atoms with E-state index in [-0.39, 0.29) is 19.1 Å². The summed E-state index contributed by atoms with van der Waals surface area (Å²) in [6.07, 6.45) is 4.64. The van der Waals surface area contributed by atoms with E-state index in [2.05, 4.69) is 68.8 Å². The number of carbonyl (C=O) groups is 2. The van der Waals surface area contributed by atoms with Gasteiger partial charge in [0.1, 0.15) is 23.3 Å². The average Bonchev–Trinajstić information content (AvgIpc) is 3.90. The highest BCUT2D eigenvalue weighted by atomic mass is 79.9. The number of carbonyl (C=O) groups excluding carboxylic acids is 2. The fourth-order valence-corrected chi connectivity index (χ4v) is 9.40. The van der Waals surface area contributed by atoms with Crippen molar-refractivity contribution in [2.24, 2.45) is 0 Å². The average molecular weight is 1040 g/mol. The zero-order chi connectivity index (χ0) is 50.0. The first kappa shape index (κ1) is 53.8. The zero-order valence-corrected chi connectivity index (χ0v) is 42.6. The Morgan fingerprint density at radius 1 is 0.643 bits per heavy atom. The zero-order valence-electron chi connectivity index (χ0n) is 40.2. The number of halogens is 5. The molecule has 0 radical (unpaired) electrons. The van der Waals surface area contributed by atoms with Crippen LogP contribution in [-0.2, 0) is 28.9 Å². The fraction of sp³-hybridized carbons (Fsp3) is 0.316. The number of ketones is 2. The largest absolute Gasteiger partial charge is 0.353 e. The van der Waals surface area contributed by atoms with Gasteiger partial charge in [0.25, 0.3) is 0 Å². The van der Waals surface area contributed by atoms with Gasteiger partial charge in [-0.25, -0.2) is 22.5 Å². The van der Waals surface area contributed by atoms with Crippen LogP contribution in [0.5, 0.6) is 0 Å². The lowest BCUT2D eigenvalue weighted by atomic mass is 9.93. The van der Waals surface area contributed by atoms with Crippen LogP contribution in [0.1, 0.15) is 95.5 Å². The van der Waals surface area contributed by atoms with Gasteiger partial charge in [-0.05, 0) is 104 Å². The summed E-state index contributed by atoms with van der Waals surface area (Å²) < 4.78 is 66.0. The molecule has 7 nitrogen and oxygen atoms in total. The molecule has 2 aliphatic rings. The molecule has 0 saturated heterocycles. The second-order valence-corrected chi connectivity index (χ2v) is 18.7. The Bertz CT molecular complexity index is 2640. The van der Waals surface area contributed by atoms with Crippen molar-refractivity contribution in [2.75, 3.05) is 49.6 Å². The summed E-state index contributed by atoms with van der Waals surface area (Å²) in [5.41, 5.74) is 9.34. The Morgan fingerprint density at radius 2 is 1.13 bits per heavy atom. The van der Waals surface area contributed by atoms with Crippen LogP contribution in [0.4, 0.5) is 22.7 Å². The van der Waals surface area contributed by atoms with E-state index in [4.69, 9.17) is 9.47 Å². The van der Waals surface area contributed by atoms with Crippen LogP contribution in [0, 0.1) is 23.3 Å². The van der Waals surface area contributed by atoms with Crippen molar-refractivity contribution in [3.05, 3.63) is 200 Å². The third kappa shape index (κ3) is 15.2. The van der Waals surface area contributed by atoms with Crippen LogP contribution in [0.3, 0.4) is 0 Å². The number of alkyl halides is 1. The predicted octanol–water partition coefficient (Wildman–Crippen LogP) is 13.8. The van der Waals surface area contributed by atoms with Crippen LogP contribution >= 0.6 is 27.3 Å². The van der Waals surface area contributed by atoms with E-state index < -0.39 is 46.0 Å². The summed E-state index contributed by atoms with van der Waals surface area (Å²) in [7, 11) is 0. The molecule has 2 aliphatic heterocycles. The number of aromatic nitrogens is 1. The number of ether oxygens (including phenoxy) is 2. The van der Waals surface area contributed by atoms with Crippen molar-refractivity contribution in [1.82, 2.24) is 9.88 Å². The van der Waals surface area contributed by atoms with E-state index in [1.807, 2.05) is 80.0 Å². The number of hydrogen-bond donors (Lipinski definition) is 0. The van der Waals surface area contributed by atoms with Crippen molar-refractivity contribution < 1.29 is 36.6 Å². The summed E-state index contributed by atoms with van der Waals surface area (Å²) in [6, 6.07) is 32.8. The first-order chi connectivity index (χ1) is 33.9. The Hall–Kier alpha value is -5.57. The Morgan fingerprint density at radius 3 is 1.59 bits per heavy atom. The van der Waals surface area contributed by atoms with Gasteiger partial charge in [0.05, 0.1) is 11.1 Å². The van der Waals surface area contributed by atoms with Gasteiger partial charge in [0.15, 0.2) is 23.0 Å². The van der Waals surface area contributed by atoms with Crippen LogP contribution in [-0.4, -0.2) is 72.5 Å². The molecule has 368 valence electrons. The van der Waals surface area contributed by atoms with E-state index in [9.17, 15) is 27.2 Å². The lowest BCUT2D eigenvalue weighted by molar-refractivity contribution is -0.136. The standard InChI is InChI=1S/C27H25F2NO.C23H20F2N2OS.C7H15BrO2/c1-19-14-15-30(17-21-6-3-2-4-7-21)18-23(19)22-12-10-20(11-13-22)16-26(31)27-24(28)8-5-9-25(27)29;1-15-9-11-27(23-26-10-12-29-23)14-18(15)17-7-5-16(6-8-17)13-21(28)22-19(24)3-2-4-20(22)25;1-3-9-7(5-6-8)10-4-2/h2-13H,14-18H2,1H3;2-8,10,12H,9,11,13-14H2,1H3;7H,3-6H2,1-2H3. The van der Waals surface area contributed by atoms with Crippen LogP contribution in [0.2, 0.25) is 0 Å². The Balaban J connectivity index is 0.000000193. The van der Waals surface area contributed by atoms with Gasteiger partial charge in [-0.1, -0.05) is 118 Å². The quantitative estimate of drug-likeness (QED) is 0.0390. The van der Waals surface area contributed by atoms with E-state index in [1.165, 1.54) is 40.0 Å². The minimum absolute atomic E-state index is 0.0191. The summed E-state index contributed by atoms with van der Waals surface area (Å²) in [6.45, 7) is 14.3. The van der Waals surface area contributed by atoms with E-state index in [1.54, 1.807) is 11.3 Å². The van der Waals surface area contributed by atoms with Crippen LogP contribution in [0.15, 0.2) is 138 Å². The molecule has 0 amide bonds. The van der Waals surface area contributed by atoms with E-state index in [0.29, 0.717) is 0 Å². The van der Waals surface area contributed by atoms with Gasteiger partial charge in [-0.2, -0.15) is 0 Å². The third-order valence-electron chi connectivity index (χ3n) is 12.1. The fourth-order valence-electron chi connectivity index (χ4n) is 8.36. The molecule has 5 aromatic carbocycles.